The van der Waals surface area contributed by atoms with Crippen molar-refractivity contribution in [1.29, 1.82) is 0 Å². The normalized spacial score (nSPS) is 19.7. The van der Waals surface area contributed by atoms with Gasteiger partial charge in [0.15, 0.2) is 0 Å². The molecule has 5 nitrogen and oxygen atoms in total. The summed E-state index contributed by atoms with van der Waals surface area (Å²) in [6.45, 7) is 4.70. The molecule has 0 N–H and O–H groups in total. The Labute approximate surface area is 182 Å². The highest BCUT2D eigenvalue weighted by atomic mass is 16.6. The van der Waals surface area contributed by atoms with Gasteiger partial charge in [-0.05, 0) is 41.7 Å². The van der Waals surface area contributed by atoms with E-state index in [1.54, 1.807) is 23.9 Å². The number of aromatic nitrogens is 1. The number of nitrogens with zero attached hydrogens (tertiary/aromatic N) is 2. The second-order valence-corrected chi connectivity index (χ2v) is 8.32. The van der Waals surface area contributed by atoms with Crippen LogP contribution in [-0.2, 0) is 17.4 Å². The smallest absolute Gasteiger partial charge is 0.411 e. The van der Waals surface area contributed by atoms with Crippen LogP contribution >= 0.6 is 0 Å². The molecule has 0 spiro atoms. The first kappa shape index (κ1) is 20.9. The zero-order valence-corrected chi connectivity index (χ0v) is 18.2. The molecule has 0 saturated carbocycles. The number of carbonyl (C=O) groups excluding carboxylic acids is 1. The summed E-state index contributed by atoms with van der Waals surface area (Å²) in [5.74, 6) is 0. The quantitative estimate of drug-likeness (QED) is 0.570. The number of hydrogen-bond donors (Lipinski definition) is 0. The van der Waals surface area contributed by atoms with E-state index in [1.165, 1.54) is 0 Å². The third-order valence-electron chi connectivity index (χ3n) is 6.26. The van der Waals surface area contributed by atoms with Crippen molar-refractivity contribution >= 4 is 6.09 Å². The van der Waals surface area contributed by atoms with Crippen LogP contribution < -0.4 is 5.56 Å². The van der Waals surface area contributed by atoms with Crippen molar-refractivity contribution in [2.75, 3.05) is 6.54 Å². The summed E-state index contributed by atoms with van der Waals surface area (Å²) >= 11 is 0. The Morgan fingerprint density at radius 3 is 2.32 bits per heavy atom. The fraction of sp³-hybridized carbons (Fsp3) is 0.308. The lowest BCUT2D eigenvalue weighted by atomic mass is 9.90. The predicted octanol–water partition coefficient (Wildman–Crippen LogP) is 5.26. The Kier molecular flexibility index (Phi) is 5.68. The number of carbonyl (C=O) groups is 1. The lowest BCUT2D eigenvalue weighted by Gasteiger charge is -2.42. The van der Waals surface area contributed by atoms with Crippen LogP contribution in [0.25, 0.3) is 11.1 Å². The van der Waals surface area contributed by atoms with Crippen molar-refractivity contribution in [3.05, 3.63) is 94.4 Å². The third-order valence-corrected chi connectivity index (χ3v) is 6.26. The van der Waals surface area contributed by atoms with Gasteiger partial charge in [-0.2, -0.15) is 0 Å². The summed E-state index contributed by atoms with van der Waals surface area (Å²) in [6, 6.07) is 21.5. The molecule has 31 heavy (non-hydrogen) atoms. The van der Waals surface area contributed by atoms with E-state index in [4.69, 9.17) is 4.74 Å². The molecule has 160 valence electrons. The minimum Gasteiger partial charge on any atom is -0.438 e. The molecule has 1 saturated heterocycles. The molecule has 1 aliphatic heterocycles. The second kappa shape index (κ2) is 8.42. The fourth-order valence-corrected chi connectivity index (χ4v) is 4.27. The van der Waals surface area contributed by atoms with Crippen molar-refractivity contribution in [2.24, 2.45) is 7.05 Å². The number of aryl methyl sites for hydroxylation is 1. The van der Waals surface area contributed by atoms with Gasteiger partial charge in [0.2, 0.25) is 0 Å². The molecule has 1 fully saturated rings. The number of rotatable bonds is 5. The first-order chi connectivity index (χ1) is 14.9. The van der Waals surface area contributed by atoms with Gasteiger partial charge in [-0.3, -0.25) is 4.79 Å². The van der Waals surface area contributed by atoms with E-state index in [0.29, 0.717) is 6.54 Å². The van der Waals surface area contributed by atoms with Crippen LogP contribution in [-0.4, -0.2) is 22.1 Å². The molecule has 2 aromatic carbocycles. The molecule has 4 rings (SSSR count). The second-order valence-electron chi connectivity index (χ2n) is 8.32. The summed E-state index contributed by atoms with van der Waals surface area (Å²) in [5, 5.41) is 0. The first-order valence-corrected chi connectivity index (χ1v) is 10.7. The Balaban J connectivity index is 1.53. The maximum atomic E-state index is 13.0. The highest BCUT2D eigenvalue weighted by Gasteiger charge is 2.40. The summed E-state index contributed by atoms with van der Waals surface area (Å²) in [6.07, 6.45) is 3.03. The summed E-state index contributed by atoms with van der Waals surface area (Å²) in [7, 11) is 1.74. The van der Waals surface area contributed by atoms with Crippen molar-refractivity contribution in [3.63, 3.8) is 0 Å². The number of hydrogen-bond acceptors (Lipinski definition) is 3. The SMILES string of the molecule is CC[C@@H](c1ccc(-c2ccn(C)c(=O)c2)cc1)N1CC[C@](C)(c2ccccc2)OC1=O. The molecule has 0 radical (unpaired) electrons. The van der Waals surface area contributed by atoms with E-state index in [0.717, 1.165) is 35.1 Å². The molecular weight excluding hydrogens is 388 g/mol. The van der Waals surface area contributed by atoms with E-state index in [2.05, 4.69) is 6.92 Å². The van der Waals surface area contributed by atoms with E-state index < -0.39 is 5.60 Å². The predicted molar refractivity (Wildman–Crippen MR) is 122 cm³/mol. The maximum absolute atomic E-state index is 13.0. The van der Waals surface area contributed by atoms with Crippen LogP contribution in [0.15, 0.2) is 77.7 Å². The van der Waals surface area contributed by atoms with Crippen LogP contribution in [0.1, 0.15) is 43.9 Å². The average Bonchev–Trinajstić information content (AvgIpc) is 2.79. The van der Waals surface area contributed by atoms with Crippen LogP contribution in [0.4, 0.5) is 4.79 Å². The van der Waals surface area contributed by atoms with E-state index in [1.807, 2.05) is 72.5 Å². The third kappa shape index (κ3) is 4.13. The molecule has 1 amide bonds. The van der Waals surface area contributed by atoms with Gasteiger partial charge in [-0.15, -0.1) is 0 Å². The van der Waals surface area contributed by atoms with E-state index in [-0.39, 0.29) is 17.7 Å². The molecular formula is C26H28N2O3. The Morgan fingerprint density at radius 2 is 1.71 bits per heavy atom. The number of amides is 1. The lowest BCUT2D eigenvalue weighted by Crippen LogP contribution is -2.47. The Morgan fingerprint density at radius 1 is 1.00 bits per heavy atom. The molecule has 0 unspecified atom stereocenters. The zero-order chi connectivity index (χ0) is 22.0. The molecule has 0 bridgehead atoms. The van der Waals surface area contributed by atoms with Gasteiger partial charge in [-0.1, -0.05) is 61.5 Å². The lowest BCUT2D eigenvalue weighted by molar-refractivity contribution is -0.0511. The maximum Gasteiger partial charge on any atom is 0.411 e. The molecule has 1 aliphatic rings. The summed E-state index contributed by atoms with van der Waals surface area (Å²) in [5.41, 5.74) is 3.32. The highest BCUT2D eigenvalue weighted by Crippen LogP contribution is 2.37. The highest BCUT2D eigenvalue weighted by molar-refractivity contribution is 5.70. The fourth-order valence-electron chi connectivity index (χ4n) is 4.27. The zero-order valence-electron chi connectivity index (χ0n) is 18.2. The van der Waals surface area contributed by atoms with Crippen molar-refractivity contribution in [1.82, 2.24) is 9.47 Å². The van der Waals surface area contributed by atoms with Crippen LogP contribution in [0.2, 0.25) is 0 Å². The van der Waals surface area contributed by atoms with Crippen LogP contribution in [0, 0.1) is 0 Å². The Bertz CT molecular complexity index is 1120. The monoisotopic (exact) mass is 416 g/mol. The largest absolute Gasteiger partial charge is 0.438 e. The Hall–Kier alpha value is -3.34. The van der Waals surface area contributed by atoms with Crippen LogP contribution in [0.5, 0.6) is 0 Å². The molecule has 3 aromatic rings. The summed E-state index contributed by atoms with van der Waals surface area (Å²) < 4.78 is 7.50. The number of pyridine rings is 1. The van der Waals surface area contributed by atoms with Gasteiger partial charge in [0.05, 0.1) is 6.04 Å². The van der Waals surface area contributed by atoms with Crippen molar-refractivity contribution in [3.8, 4) is 11.1 Å². The molecule has 2 heterocycles. The minimum absolute atomic E-state index is 0.0365. The summed E-state index contributed by atoms with van der Waals surface area (Å²) in [4.78, 5) is 26.7. The number of cyclic esters (lactones) is 1. The molecule has 2 atom stereocenters. The van der Waals surface area contributed by atoms with Crippen LogP contribution in [0.3, 0.4) is 0 Å². The molecule has 1 aromatic heterocycles. The topological polar surface area (TPSA) is 51.5 Å². The number of ether oxygens (including phenoxy) is 1. The van der Waals surface area contributed by atoms with E-state index >= 15 is 0 Å². The average molecular weight is 417 g/mol. The van der Waals surface area contributed by atoms with Gasteiger partial charge < -0.3 is 14.2 Å². The van der Waals surface area contributed by atoms with Crippen molar-refractivity contribution < 1.29 is 9.53 Å². The van der Waals surface area contributed by atoms with Gasteiger partial charge in [-0.25, -0.2) is 4.79 Å². The standard InChI is InChI=1S/C26H28N2O3/c1-4-23(20-12-10-19(11-13-20)21-14-16-27(3)24(29)18-21)28-17-15-26(2,31-25(28)30)22-8-6-5-7-9-22/h5-14,16,18,23H,4,15,17H2,1-3H3/t23-,26+/m0/s1. The first-order valence-electron chi connectivity index (χ1n) is 10.7. The van der Waals surface area contributed by atoms with Gasteiger partial charge in [0.25, 0.3) is 5.56 Å². The van der Waals surface area contributed by atoms with E-state index in [9.17, 15) is 9.59 Å². The molecule has 5 heteroatoms. The van der Waals surface area contributed by atoms with Gasteiger partial charge >= 0.3 is 6.09 Å². The van der Waals surface area contributed by atoms with Crippen molar-refractivity contribution in [2.45, 2.75) is 38.3 Å². The van der Waals surface area contributed by atoms with Gasteiger partial charge in [0.1, 0.15) is 5.60 Å². The molecule has 0 aliphatic carbocycles. The van der Waals surface area contributed by atoms with Gasteiger partial charge in [0, 0.05) is 32.3 Å². The number of benzene rings is 2. The minimum atomic E-state index is -0.601.